The molecular weight excluding hydrogens is 318 g/mol. The zero-order valence-corrected chi connectivity index (χ0v) is 13.5. The van der Waals surface area contributed by atoms with E-state index in [2.05, 4.69) is 16.0 Å². The van der Waals surface area contributed by atoms with E-state index >= 15 is 0 Å². The molecule has 0 radical (unpaired) electrons. The highest BCUT2D eigenvalue weighted by Crippen LogP contribution is 2.28. The van der Waals surface area contributed by atoms with Crippen molar-refractivity contribution in [2.24, 2.45) is 0 Å². The fourth-order valence-electron chi connectivity index (χ4n) is 2.89. The Hall–Kier alpha value is -3.09. The zero-order chi connectivity index (χ0) is 15.6. The first kappa shape index (κ1) is 15.8. The lowest BCUT2D eigenvalue weighted by molar-refractivity contribution is 1.36. The van der Waals surface area contributed by atoms with Gasteiger partial charge in [0.2, 0.25) is 0 Å². The van der Waals surface area contributed by atoms with E-state index in [9.17, 15) is 5.26 Å². The van der Waals surface area contributed by atoms with Crippen molar-refractivity contribution in [1.82, 2.24) is 9.97 Å². The van der Waals surface area contributed by atoms with Gasteiger partial charge in [0.05, 0.1) is 11.6 Å². The van der Waals surface area contributed by atoms with Gasteiger partial charge in [-0.25, -0.2) is 0 Å². The molecule has 0 fully saturated rings. The van der Waals surface area contributed by atoms with Crippen molar-refractivity contribution in [2.75, 3.05) is 0 Å². The van der Waals surface area contributed by atoms with Crippen molar-refractivity contribution in [3.8, 4) is 6.07 Å². The highest BCUT2D eigenvalue weighted by molar-refractivity contribution is 6.04. The average Bonchev–Trinajstić information content (AvgIpc) is 3.04. The third-order valence-electron chi connectivity index (χ3n) is 4.01. The fourth-order valence-corrected chi connectivity index (χ4v) is 2.89. The van der Waals surface area contributed by atoms with E-state index in [1.54, 1.807) is 6.20 Å². The zero-order valence-electron chi connectivity index (χ0n) is 12.7. The van der Waals surface area contributed by atoms with Gasteiger partial charge >= 0.3 is 0 Å². The highest BCUT2D eigenvalue weighted by atomic mass is 35.5. The number of rotatable bonds is 2. The molecule has 0 atom stereocenters. The Labute approximate surface area is 145 Å². The van der Waals surface area contributed by atoms with E-state index in [0.29, 0.717) is 5.57 Å². The normalized spacial score (nSPS) is 11.2. The number of nitriles is 1. The summed E-state index contributed by atoms with van der Waals surface area (Å²) < 4.78 is 0. The van der Waals surface area contributed by atoms with Crippen LogP contribution in [-0.4, -0.2) is 9.97 Å². The molecule has 0 aliphatic carbocycles. The number of allylic oxidation sites excluding steroid dienone is 1. The molecule has 1 N–H and O–H groups in total. The van der Waals surface area contributed by atoms with E-state index < -0.39 is 0 Å². The van der Waals surface area contributed by atoms with Crippen molar-refractivity contribution in [1.29, 1.82) is 5.26 Å². The maximum Gasteiger partial charge on any atom is 0.0998 e. The number of nitrogens with one attached hydrogen (secondary N) is 1. The molecular formula is C20H14ClN3. The Bertz CT molecular complexity index is 1080. The second-order valence-electron chi connectivity index (χ2n) is 5.36. The van der Waals surface area contributed by atoms with Gasteiger partial charge in [0.15, 0.2) is 0 Å². The van der Waals surface area contributed by atoms with Crippen molar-refractivity contribution >= 4 is 45.7 Å². The van der Waals surface area contributed by atoms with Crippen LogP contribution in [0.3, 0.4) is 0 Å². The van der Waals surface area contributed by atoms with E-state index in [1.165, 1.54) is 0 Å². The summed E-state index contributed by atoms with van der Waals surface area (Å²) in [6, 6.07) is 18.4. The van der Waals surface area contributed by atoms with Gasteiger partial charge in [-0.2, -0.15) is 5.26 Å². The molecule has 0 aliphatic heterocycles. The molecule has 2 aromatic carbocycles. The summed E-state index contributed by atoms with van der Waals surface area (Å²) in [6.07, 6.45) is 7.45. The van der Waals surface area contributed by atoms with Gasteiger partial charge in [-0.3, -0.25) is 4.98 Å². The molecule has 3 nitrogen and oxygen atoms in total. The Kier molecular flexibility index (Phi) is 4.33. The van der Waals surface area contributed by atoms with Gasteiger partial charge < -0.3 is 4.98 Å². The second-order valence-corrected chi connectivity index (χ2v) is 5.36. The SMILES string of the molecule is Cl.N#C/C(=C\c1cccc2cnccc12)c1c[nH]c2ccccc12. The molecule has 4 rings (SSSR count). The first-order valence-electron chi connectivity index (χ1n) is 7.38. The quantitative estimate of drug-likeness (QED) is 0.513. The van der Waals surface area contributed by atoms with Crippen LogP contribution in [0.15, 0.2) is 67.1 Å². The number of hydrogen-bond acceptors (Lipinski definition) is 2. The maximum atomic E-state index is 9.65. The van der Waals surface area contributed by atoms with Crippen molar-refractivity contribution < 1.29 is 0 Å². The Morgan fingerprint density at radius 3 is 2.79 bits per heavy atom. The minimum Gasteiger partial charge on any atom is -0.361 e. The van der Waals surface area contributed by atoms with E-state index in [-0.39, 0.29) is 12.4 Å². The summed E-state index contributed by atoms with van der Waals surface area (Å²) in [5.74, 6) is 0. The van der Waals surface area contributed by atoms with Crippen LogP contribution in [-0.2, 0) is 0 Å². The largest absolute Gasteiger partial charge is 0.361 e. The van der Waals surface area contributed by atoms with Crippen LogP contribution in [0.4, 0.5) is 0 Å². The van der Waals surface area contributed by atoms with Gasteiger partial charge in [0, 0.05) is 40.4 Å². The predicted octanol–water partition coefficient (Wildman–Crippen LogP) is 5.20. The number of para-hydroxylation sites is 1. The molecule has 2 heterocycles. The van der Waals surface area contributed by atoms with Crippen molar-refractivity contribution in [3.05, 3.63) is 78.2 Å². The number of benzene rings is 2. The summed E-state index contributed by atoms with van der Waals surface area (Å²) in [4.78, 5) is 7.38. The molecule has 0 unspecified atom stereocenters. The molecule has 0 spiro atoms. The van der Waals surface area contributed by atoms with E-state index in [1.807, 2.05) is 67.0 Å². The van der Waals surface area contributed by atoms with E-state index in [0.717, 1.165) is 32.8 Å². The summed E-state index contributed by atoms with van der Waals surface area (Å²) in [5, 5.41) is 12.9. The molecule has 0 saturated carbocycles. The number of H-pyrrole nitrogens is 1. The summed E-state index contributed by atoms with van der Waals surface area (Å²) in [6.45, 7) is 0. The summed E-state index contributed by atoms with van der Waals surface area (Å²) >= 11 is 0. The smallest absolute Gasteiger partial charge is 0.0998 e. The van der Waals surface area contributed by atoms with Gasteiger partial charge in [-0.05, 0) is 29.2 Å². The highest BCUT2D eigenvalue weighted by Gasteiger charge is 2.09. The summed E-state index contributed by atoms with van der Waals surface area (Å²) in [7, 11) is 0. The van der Waals surface area contributed by atoms with Gasteiger partial charge in [-0.15, -0.1) is 12.4 Å². The van der Waals surface area contributed by atoms with Crippen LogP contribution in [0, 0.1) is 11.3 Å². The number of halogens is 1. The summed E-state index contributed by atoms with van der Waals surface area (Å²) in [5.41, 5.74) is 3.62. The number of pyridine rings is 1. The Morgan fingerprint density at radius 2 is 1.92 bits per heavy atom. The molecule has 0 aliphatic rings. The van der Waals surface area contributed by atoms with Crippen LogP contribution in [0.2, 0.25) is 0 Å². The predicted molar refractivity (Wildman–Crippen MR) is 101 cm³/mol. The second kappa shape index (κ2) is 6.57. The topological polar surface area (TPSA) is 52.5 Å². The average molecular weight is 332 g/mol. The van der Waals surface area contributed by atoms with E-state index in [4.69, 9.17) is 0 Å². The fraction of sp³-hybridized carbons (Fsp3) is 0. The number of nitrogens with zero attached hydrogens (tertiary/aromatic N) is 2. The first-order chi connectivity index (χ1) is 11.4. The maximum absolute atomic E-state index is 9.65. The van der Waals surface area contributed by atoms with Crippen molar-refractivity contribution in [2.45, 2.75) is 0 Å². The molecule has 24 heavy (non-hydrogen) atoms. The number of aromatic amines is 1. The monoisotopic (exact) mass is 331 g/mol. The molecule has 4 aromatic rings. The Morgan fingerprint density at radius 1 is 1.04 bits per heavy atom. The lowest BCUT2D eigenvalue weighted by Crippen LogP contribution is -1.83. The van der Waals surface area contributed by atoms with Gasteiger partial charge in [-0.1, -0.05) is 36.4 Å². The third kappa shape index (κ3) is 2.64. The minimum absolute atomic E-state index is 0. The minimum atomic E-state index is 0. The number of fused-ring (bicyclic) bond motifs is 2. The molecule has 4 heteroatoms. The molecule has 2 aromatic heterocycles. The number of aromatic nitrogens is 2. The van der Waals surface area contributed by atoms with Gasteiger partial charge in [0.1, 0.15) is 0 Å². The van der Waals surface area contributed by atoms with Crippen LogP contribution < -0.4 is 0 Å². The Balaban J connectivity index is 0.00000169. The first-order valence-corrected chi connectivity index (χ1v) is 7.38. The third-order valence-corrected chi connectivity index (χ3v) is 4.01. The molecule has 0 bridgehead atoms. The lowest BCUT2D eigenvalue weighted by Gasteiger charge is -2.03. The van der Waals surface area contributed by atoms with Crippen LogP contribution in [0.1, 0.15) is 11.1 Å². The standard InChI is InChI=1S/C20H13N3.ClH/c21-11-16(19-13-23-20-7-2-1-6-18(19)20)10-14-4-3-5-15-12-22-9-8-17(14)15;/h1-10,12-13,23H;1H/b16-10+;. The van der Waals surface area contributed by atoms with Crippen LogP contribution >= 0.6 is 12.4 Å². The molecule has 116 valence electrons. The van der Waals surface area contributed by atoms with Crippen LogP contribution in [0.25, 0.3) is 33.3 Å². The van der Waals surface area contributed by atoms with Crippen LogP contribution in [0.5, 0.6) is 0 Å². The number of hydrogen-bond donors (Lipinski definition) is 1. The lowest BCUT2D eigenvalue weighted by atomic mass is 10.00. The molecule has 0 saturated heterocycles. The molecule has 0 amide bonds. The van der Waals surface area contributed by atoms with Crippen molar-refractivity contribution in [3.63, 3.8) is 0 Å². The van der Waals surface area contributed by atoms with Gasteiger partial charge in [0.25, 0.3) is 0 Å².